The van der Waals surface area contributed by atoms with Crippen LogP contribution in [0.2, 0.25) is 0 Å². The summed E-state index contributed by atoms with van der Waals surface area (Å²) in [5.74, 6) is 1.11. The molecule has 0 rings (SSSR count). The largest absolute Gasteiger partial charge is 0.481 e. The van der Waals surface area contributed by atoms with Crippen LogP contribution < -0.4 is 0 Å². The predicted molar refractivity (Wildman–Crippen MR) is 109 cm³/mol. The second kappa shape index (κ2) is 19.8. The van der Waals surface area contributed by atoms with E-state index < -0.39 is 5.97 Å². The SMILES string of the molecule is CCC/C=C\C/C=C\C/C=C\C/C=C\CCCCSCCC(=O)O. The van der Waals surface area contributed by atoms with Crippen LogP contribution >= 0.6 is 11.8 Å². The molecule has 24 heavy (non-hydrogen) atoms. The highest BCUT2D eigenvalue weighted by atomic mass is 32.2. The van der Waals surface area contributed by atoms with Gasteiger partial charge in [0.25, 0.3) is 0 Å². The van der Waals surface area contributed by atoms with E-state index in [0.717, 1.165) is 37.2 Å². The number of rotatable bonds is 16. The minimum Gasteiger partial charge on any atom is -0.481 e. The van der Waals surface area contributed by atoms with Crippen molar-refractivity contribution in [1.82, 2.24) is 0 Å². The third kappa shape index (κ3) is 20.8. The Hall–Kier alpha value is -1.22. The summed E-state index contributed by atoms with van der Waals surface area (Å²) in [6.07, 6.45) is 27.1. The maximum absolute atomic E-state index is 10.3. The number of carbonyl (C=O) groups is 1. The molecule has 0 radical (unpaired) electrons. The minimum atomic E-state index is -0.696. The number of allylic oxidation sites excluding steroid dienone is 8. The molecule has 2 nitrogen and oxygen atoms in total. The number of carboxylic acids is 1. The van der Waals surface area contributed by atoms with Gasteiger partial charge in [0.15, 0.2) is 0 Å². The van der Waals surface area contributed by atoms with Crippen molar-refractivity contribution in [2.75, 3.05) is 11.5 Å². The van der Waals surface area contributed by atoms with E-state index in [1.54, 1.807) is 11.8 Å². The summed E-state index contributed by atoms with van der Waals surface area (Å²) in [7, 11) is 0. The highest BCUT2D eigenvalue weighted by molar-refractivity contribution is 7.99. The van der Waals surface area contributed by atoms with E-state index in [2.05, 4.69) is 55.5 Å². The number of unbranched alkanes of at least 4 members (excludes halogenated alkanes) is 3. The first-order valence-electron chi connectivity index (χ1n) is 9.17. The summed E-state index contributed by atoms with van der Waals surface area (Å²) < 4.78 is 0. The van der Waals surface area contributed by atoms with Gasteiger partial charge >= 0.3 is 5.97 Å². The molecule has 136 valence electrons. The second-order valence-electron chi connectivity index (χ2n) is 5.63. The first-order valence-corrected chi connectivity index (χ1v) is 10.3. The summed E-state index contributed by atoms with van der Waals surface area (Å²) in [6.45, 7) is 2.20. The van der Waals surface area contributed by atoms with Gasteiger partial charge in [-0.15, -0.1) is 0 Å². The number of aliphatic carboxylic acids is 1. The van der Waals surface area contributed by atoms with Gasteiger partial charge in [0.1, 0.15) is 0 Å². The number of hydrogen-bond acceptors (Lipinski definition) is 2. The molecule has 0 aliphatic heterocycles. The lowest BCUT2D eigenvalue weighted by Crippen LogP contribution is -1.96. The fourth-order valence-electron chi connectivity index (χ4n) is 1.94. The van der Waals surface area contributed by atoms with Gasteiger partial charge in [-0.25, -0.2) is 0 Å². The lowest BCUT2D eigenvalue weighted by Gasteiger charge is -1.98. The van der Waals surface area contributed by atoms with Crippen LogP contribution in [0.15, 0.2) is 48.6 Å². The molecular weight excluding hydrogens is 316 g/mol. The smallest absolute Gasteiger partial charge is 0.304 e. The Balaban J connectivity index is 3.33. The van der Waals surface area contributed by atoms with Crippen LogP contribution in [0.4, 0.5) is 0 Å². The zero-order chi connectivity index (χ0) is 17.7. The fourth-order valence-corrected chi connectivity index (χ4v) is 2.87. The molecule has 0 aliphatic carbocycles. The van der Waals surface area contributed by atoms with E-state index in [0.29, 0.717) is 0 Å². The van der Waals surface area contributed by atoms with E-state index in [1.165, 1.54) is 25.7 Å². The quantitative estimate of drug-likeness (QED) is 0.253. The van der Waals surface area contributed by atoms with Crippen molar-refractivity contribution in [2.24, 2.45) is 0 Å². The van der Waals surface area contributed by atoms with Gasteiger partial charge < -0.3 is 5.11 Å². The Bertz CT molecular complexity index is 395. The van der Waals surface area contributed by atoms with Gasteiger partial charge in [0.2, 0.25) is 0 Å². The summed E-state index contributed by atoms with van der Waals surface area (Å²) in [5, 5.41) is 8.52. The third-order valence-corrected chi connectivity index (χ3v) is 4.38. The lowest BCUT2D eigenvalue weighted by molar-refractivity contribution is -0.136. The van der Waals surface area contributed by atoms with E-state index in [9.17, 15) is 4.79 Å². The van der Waals surface area contributed by atoms with Crippen molar-refractivity contribution in [3.05, 3.63) is 48.6 Å². The van der Waals surface area contributed by atoms with Gasteiger partial charge in [-0.3, -0.25) is 4.79 Å². The van der Waals surface area contributed by atoms with Crippen LogP contribution in [-0.2, 0) is 4.79 Å². The maximum Gasteiger partial charge on any atom is 0.304 e. The summed E-state index contributed by atoms with van der Waals surface area (Å²) in [6, 6.07) is 0. The highest BCUT2D eigenvalue weighted by Gasteiger charge is 1.95. The molecule has 0 spiro atoms. The van der Waals surface area contributed by atoms with Crippen LogP contribution in [0.1, 0.15) is 64.7 Å². The molecule has 0 saturated heterocycles. The van der Waals surface area contributed by atoms with Crippen LogP contribution in [0.25, 0.3) is 0 Å². The predicted octanol–water partition coefficient (Wildman–Crippen LogP) is 6.56. The summed E-state index contributed by atoms with van der Waals surface area (Å²) in [5.41, 5.74) is 0. The Morgan fingerprint density at radius 2 is 1.33 bits per heavy atom. The van der Waals surface area contributed by atoms with Gasteiger partial charge in [0.05, 0.1) is 6.42 Å². The van der Waals surface area contributed by atoms with E-state index in [1.807, 2.05) is 0 Å². The average molecular weight is 351 g/mol. The van der Waals surface area contributed by atoms with Crippen molar-refractivity contribution in [3.63, 3.8) is 0 Å². The minimum absolute atomic E-state index is 0.279. The molecule has 0 fully saturated rings. The molecule has 0 bridgehead atoms. The van der Waals surface area contributed by atoms with Gasteiger partial charge in [-0.05, 0) is 50.7 Å². The summed E-state index contributed by atoms with van der Waals surface area (Å²) >= 11 is 1.74. The number of carboxylic acid groups (broad SMARTS) is 1. The van der Waals surface area contributed by atoms with E-state index >= 15 is 0 Å². The number of hydrogen-bond donors (Lipinski definition) is 1. The van der Waals surface area contributed by atoms with Crippen LogP contribution in [-0.4, -0.2) is 22.6 Å². The Morgan fingerprint density at radius 1 is 0.792 bits per heavy atom. The molecule has 0 aromatic carbocycles. The molecule has 0 aliphatic rings. The Kier molecular flexibility index (Phi) is 18.8. The monoisotopic (exact) mass is 350 g/mol. The molecule has 0 unspecified atom stereocenters. The zero-order valence-electron chi connectivity index (χ0n) is 15.2. The van der Waals surface area contributed by atoms with Gasteiger partial charge in [-0.2, -0.15) is 11.8 Å². The first kappa shape index (κ1) is 22.8. The van der Waals surface area contributed by atoms with Crippen molar-refractivity contribution >= 4 is 17.7 Å². The topological polar surface area (TPSA) is 37.3 Å². The molecular formula is C21H34O2S. The molecule has 0 aromatic rings. The Labute approximate surface area is 152 Å². The fraction of sp³-hybridized carbons (Fsp3) is 0.571. The molecule has 0 amide bonds. The van der Waals surface area contributed by atoms with Crippen LogP contribution in [0, 0.1) is 0 Å². The second-order valence-corrected chi connectivity index (χ2v) is 6.86. The Morgan fingerprint density at radius 3 is 1.88 bits per heavy atom. The van der Waals surface area contributed by atoms with Crippen molar-refractivity contribution in [1.29, 1.82) is 0 Å². The molecule has 0 atom stereocenters. The van der Waals surface area contributed by atoms with Gasteiger partial charge in [0, 0.05) is 5.75 Å². The lowest BCUT2D eigenvalue weighted by atomic mass is 10.2. The summed E-state index contributed by atoms with van der Waals surface area (Å²) in [4.78, 5) is 10.3. The van der Waals surface area contributed by atoms with Gasteiger partial charge in [-0.1, -0.05) is 62.0 Å². The molecule has 0 saturated carbocycles. The maximum atomic E-state index is 10.3. The highest BCUT2D eigenvalue weighted by Crippen LogP contribution is 2.08. The molecule has 0 aromatic heterocycles. The average Bonchev–Trinajstić information content (AvgIpc) is 2.56. The normalized spacial score (nSPS) is 12.4. The zero-order valence-corrected chi connectivity index (χ0v) is 16.0. The van der Waals surface area contributed by atoms with E-state index in [-0.39, 0.29) is 6.42 Å². The van der Waals surface area contributed by atoms with Crippen molar-refractivity contribution in [2.45, 2.75) is 64.7 Å². The first-order chi connectivity index (χ1) is 11.8. The molecule has 3 heteroatoms. The van der Waals surface area contributed by atoms with Crippen molar-refractivity contribution < 1.29 is 9.90 Å². The van der Waals surface area contributed by atoms with Crippen LogP contribution in [0.3, 0.4) is 0 Å². The van der Waals surface area contributed by atoms with Crippen LogP contribution in [0.5, 0.6) is 0 Å². The van der Waals surface area contributed by atoms with E-state index in [4.69, 9.17) is 5.11 Å². The number of thioether (sulfide) groups is 1. The molecule has 1 N–H and O–H groups in total. The third-order valence-electron chi connectivity index (χ3n) is 3.31. The standard InChI is InChI=1S/C21H34O2S/c1-2-3-4-5-6-7-8-9-10-11-12-13-14-15-16-17-19-24-20-18-21(22)23/h4-5,7-8,10-11,13-14H,2-3,6,9,12,15-20H2,1H3,(H,22,23)/b5-4-,8-7-,11-10-,14-13-. The van der Waals surface area contributed by atoms with Crippen molar-refractivity contribution in [3.8, 4) is 0 Å². The molecule has 0 heterocycles.